The summed E-state index contributed by atoms with van der Waals surface area (Å²) in [5.41, 5.74) is -2.14. The molecule has 0 aliphatic heterocycles. The van der Waals surface area contributed by atoms with Crippen molar-refractivity contribution in [3.63, 3.8) is 0 Å². The third-order valence-corrected chi connectivity index (χ3v) is 3.10. The number of hydrogen-bond acceptors (Lipinski definition) is 6. The zero-order valence-corrected chi connectivity index (χ0v) is 12.6. The van der Waals surface area contributed by atoms with E-state index in [0.717, 1.165) is 6.07 Å². The average Bonchev–Trinajstić information content (AvgIpc) is 2.45. The number of carboxylic acids is 1. The molecule has 9 nitrogen and oxygen atoms in total. The number of halogens is 2. The first-order chi connectivity index (χ1) is 10.3. The van der Waals surface area contributed by atoms with Gasteiger partial charge < -0.3 is 10.0 Å². The molecule has 0 spiro atoms. The highest BCUT2D eigenvalue weighted by molar-refractivity contribution is 6.18. The standard InChI is InChI=1S/C11H11Cl2N3O6/c12-1-3-14(4-2-13)9-6-8(15(19)20)7(11(17)18)5-10(9)16(21)22/h5-6H,1-4H2,(H,17,18). The first-order valence-electron chi connectivity index (χ1n) is 5.90. The average molecular weight is 352 g/mol. The van der Waals surface area contributed by atoms with E-state index in [9.17, 15) is 25.0 Å². The van der Waals surface area contributed by atoms with Gasteiger partial charge in [0, 0.05) is 37.0 Å². The number of hydrogen-bond donors (Lipinski definition) is 1. The highest BCUT2D eigenvalue weighted by Gasteiger charge is 2.29. The number of rotatable bonds is 8. The molecule has 0 unspecified atom stereocenters. The predicted molar refractivity (Wildman–Crippen MR) is 80.4 cm³/mol. The van der Waals surface area contributed by atoms with Crippen LogP contribution in [0.3, 0.4) is 0 Å². The van der Waals surface area contributed by atoms with E-state index < -0.39 is 32.8 Å². The van der Waals surface area contributed by atoms with Crippen molar-refractivity contribution in [1.29, 1.82) is 0 Å². The summed E-state index contributed by atoms with van der Waals surface area (Å²) in [5, 5.41) is 31.1. The maximum atomic E-state index is 11.1. The van der Waals surface area contributed by atoms with Gasteiger partial charge in [-0.05, 0) is 0 Å². The van der Waals surface area contributed by atoms with Crippen LogP contribution in [0.5, 0.6) is 0 Å². The highest BCUT2D eigenvalue weighted by Crippen LogP contribution is 2.35. The van der Waals surface area contributed by atoms with Crippen molar-refractivity contribution >= 4 is 46.2 Å². The van der Waals surface area contributed by atoms with Crippen molar-refractivity contribution in [2.75, 3.05) is 29.7 Å². The van der Waals surface area contributed by atoms with Crippen LogP contribution in [0.25, 0.3) is 0 Å². The zero-order chi connectivity index (χ0) is 16.9. The summed E-state index contributed by atoms with van der Waals surface area (Å²) >= 11 is 11.2. The number of anilines is 1. The molecule has 0 aliphatic rings. The zero-order valence-electron chi connectivity index (χ0n) is 11.1. The molecule has 120 valence electrons. The molecule has 0 saturated heterocycles. The molecule has 1 aromatic rings. The van der Waals surface area contributed by atoms with Crippen molar-refractivity contribution in [3.05, 3.63) is 37.9 Å². The molecule has 0 heterocycles. The lowest BCUT2D eigenvalue weighted by atomic mass is 10.1. The Balaban J connectivity index is 3.59. The number of benzene rings is 1. The second kappa shape index (κ2) is 7.76. The van der Waals surface area contributed by atoms with Crippen LogP contribution >= 0.6 is 23.2 Å². The van der Waals surface area contributed by atoms with Crippen molar-refractivity contribution in [2.24, 2.45) is 0 Å². The summed E-state index contributed by atoms with van der Waals surface area (Å²) in [7, 11) is 0. The molecular formula is C11H11Cl2N3O6. The minimum absolute atomic E-state index is 0.0944. The van der Waals surface area contributed by atoms with Crippen LogP contribution < -0.4 is 4.90 Å². The van der Waals surface area contributed by atoms with Gasteiger partial charge in [0.1, 0.15) is 11.3 Å². The van der Waals surface area contributed by atoms with Gasteiger partial charge >= 0.3 is 5.97 Å². The second-order valence-electron chi connectivity index (χ2n) is 4.04. The Labute approximate surface area is 134 Å². The van der Waals surface area contributed by atoms with Gasteiger partial charge in [0.15, 0.2) is 0 Å². The van der Waals surface area contributed by atoms with Crippen LogP contribution in [0.1, 0.15) is 10.4 Å². The fraction of sp³-hybridized carbons (Fsp3) is 0.364. The van der Waals surface area contributed by atoms with E-state index in [0.29, 0.717) is 6.07 Å². The Bertz CT molecular complexity index is 604. The summed E-state index contributed by atoms with van der Waals surface area (Å²) in [5.74, 6) is -1.40. The third-order valence-electron chi connectivity index (χ3n) is 2.77. The van der Waals surface area contributed by atoms with Crippen molar-refractivity contribution in [1.82, 2.24) is 0 Å². The fourth-order valence-corrected chi connectivity index (χ4v) is 2.25. The molecule has 1 rings (SSSR count). The summed E-state index contributed by atoms with van der Waals surface area (Å²) in [6.45, 7) is 0.331. The van der Waals surface area contributed by atoms with Crippen LogP contribution in [-0.2, 0) is 0 Å². The minimum Gasteiger partial charge on any atom is -0.477 e. The van der Waals surface area contributed by atoms with Crippen molar-refractivity contribution < 1.29 is 19.7 Å². The smallest absolute Gasteiger partial charge is 0.342 e. The molecule has 11 heteroatoms. The molecule has 0 radical (unpaired) electrons. The molecule has 22 heavy (non-hydrogen) atoms. The van der Waals surface area contributed by atoms with Crippen LogP contribution in [0.15, 0.2) is 12.1 Å². The number of nitro benzene ring substituents is 2. The number of nitro groups is 2. The monoisotopic (exact) mass is 351 g/mol. The topological polar surface area (TPSA) is 127 Å². The van der Waals surface area contributed by atoms with Gasteiger partial charge in [-0.2, -0.15) is 0 Å². The minimum atomic E-state index is -1.62. The Morgan fingerprint density at radius 1 is 1.09 bits per heavy atom. The molecule has 0 amide bonds. The van der Waals surface area contributed by atoms with Crippen LogP contribution in [-0.4, -0.2) is 45.8 Å². The van der Waals surface area contributed by atoms with Crippen LogP contribution in [0.4, 0.5) is 17.1 Å². The number of carboxylic acid groups (broad SMARTS) is 1. The van der Waals surface area contributed by atoms with E-state index in [1.54, 1.807) is 0 Å². The maximum Gasteiger partial charge on any atom is 0.342 e. The van der Waals surface area contributed by atoms with E-state index in [-0.39, 0.29) is 30.5 Å². The molecule has 0 aliphatic carbocycles. The summed E-state index contributed by atoms with van der Waals surface area (Å²) < 4.78 is 0. The Morgan fingerprint density at radius 3 is 1.95 bits per heavy atom. The molecule has 0 aromatic heterocycles. The summed E-state index contributed by atoms with van der Waals surface area (Å²) in [6, 6.07) is 1.53. The molecule has 0 bridgehead atoms. The van der Waals surface area contributed by atoms with Gasteiger partial charge in [0.25, 0.3) is 11.4 Å². The highest BCUT2D eigenvalue weighted by atomic mass is 35.5. The second-order valence-corrected chi connectivity index (χ2v) is 4.80. The van der Waals surface area contributed by atoms with Gasteiger partial charge in [-0.25, -0.2) is 4.79 Å². The number of alkyl halides is 2. The molecule has 0 fully saturated rings. The number of nitrogens with zero attached hydrogens (tertiary/aromatic N) is 3. The lowest BCUT2D eigenvalue weighted by molar-refractivity contribution is -0.388. The van der Waals surface area contributed by atoms with E-state index in [2.05, 4.69) is 0 Å². The normalized spacial score (nSPS) is 10.3. The van der Waals surface area contributed by atoms with E-state index in [1.165, 1.54) is 4.90 Å². The largest absolute Gasteiger partial charge is 0.477 e. The van der Waals surface area contributed by atoms with Crippen LogP contribution in [0.2, 0.25) is 0 Å². The quantitative estimate of drug-likeness (QED) is 0.432. The van der Waals surface area contributed by atoms with E-state index in [1.807, 2.05) is 0 Å². The molecular weight excluding hydrogens is 341 g/mol. The third kappa shape index (κ3) is 3.95. The summed E-state index contributed by atoms with van der Waals surface area (Å²) in [4.78, 5) is 32.9. The first-order valence-corrected chi connectivity index (χ1v) is 6.97. The van der Waals surface area contributed by atoms with Gasteiger partial charge in [0.05, 0.1) is 9.85 Å². The number of aromatic carboxylic acids is 1. The lowest BCUT2D eigenvalue weighted by Gasteiger charge is -2.22. The predicted octanol–water partition coefficient (Wildman–Crippen LogP) is 2.49. The SMILES string of the molecule is O=C(O)c1cc([N+](=O)[O-])c(N(CCCl)CCCl)cc1[N+](=O)[O-]. The maximum absolute atomic E-state index is 11.1. The van der Waals surface area contributed by atoms with Gasteiger partial charge in [-0.3, -0.25) is 20.2 Å². The van der Waals surface area contributed by atoms with Crippen molar-refractivity contribution in [3.8, 4) is 0 Å². The Kier molecular flexibility index (Phi) is 6.32. The van der Waals surface area contributed by atoms with Crippen molar-refractivity contribution in [2.45, 2.75) is 0 Å². The van der Waals surface area contributed by atoms with E-state index >= 15 is 0 Å². The van der Waals surface area contributed by atoms with Gasteiger partial charge in [-0.15, -0.1) is 23.2 Å². The summed E-state index contributed by atoms with van der Waals surface area (Å²) in [6.07, 6.45) is 0. The fourth-order valence-electron chi connectivity index (χ4n) is 1.84. The first kappa shape index (κ1) is 17.9. The molecule has 1 aromatic carbocycles. The van der Waals surface area contributed by atoms with Gasteiger partial charge in [0.2, 0.25) is 0 Å². The molecule has 0 atom stereocenters. The Morgan fingerprint density at radius 2 is 1.59 bits per heavy atom. The molecule has 0 saturated carbocycles. The van der Waals surface area contributed by atoms with Crippen LogP contribution in [0, 0.1) is 20.2 Å². The van der Waals surface area contributed by atoms with Gasteiger partial charge in [-0.1, -0.05) is 0 Å². The lowest BCUT2D eigenvalue weighted by Crippen LogP contribution is -2.28. The Hall–Kier alpha value is -2.13. The molecule has 1 N–H and O–H groups in total. The number of carbonyl (C=O) groups is 1. The van der Waals surface area contributed by atoms with E-state index in [4.69, 9.17) is 28.3 Å².